The van der Waals surface area contributed by atoms with Gasteiger partial charge >= 0.3 is 5.69 Å². The van der Waals surface area contributed by atoms with E-state index in [4.69, 9.17) is 0 Å². The number of aromatic amines is 1. The zero-order chi connectivity index (χ0) is 22.1. The van der Waals surface area contributed by atoms with E-state index >= 15 is 0 Å². The molecule has 2 N–H and O–H groups in total. The van der Waals surface area contributed by atoms with E-state index in [9.17, 15) is 18.4 Å². The SMILES string of the molecule is CC(CN1CCC(n2c(=O)[nH]c3cc(Br)ccc32)CC1)NC(=O)c1ccc(F)c(F)c1. The van der Waals surface area contributed by atoms with Crippen LogP contribution in [0.4, 0.5) is 8.78 Å². The summed E-state index contributed by atoms with van der Waals surface area (Å²) >= 11 is 3.43. The lowest BCUT2D eigenvalue weighted by Gasteiger charge is -2.34. The fraction of sp³-hybridized carbons (Fsp3) is 0.364. The molecule has 1 atom stereocenters. The number of benzene rings is 2. The highest BCUT2D eigenvalue weighted by atomic mass is 79.9. The molecule has 3 aromatic rings. The fourth-order valence-corrected chi connectivity index (χ4v) is 4.56. The van der Waals surface area contributed by atoms with Gasteiger partial charge in [0.2, 0.25) is 0 Å². The van der Waals surface area contributed by atoms with Crippen LogP contribution in [0.25, 0.3) is 11.0 Å². The number of likely N-dealkylation sites (tertiary alicyclic amines) is 1. The molecule has 1 saturated heterocycles. The summed E-state index contributed by atoms with van der Waals surface area (Å²) in [7, 11) is 0. The van der Waals surface area contributed by atoms with Crippen molar-refractivity contribution in [3.63, 3.8) is 0 Å². The summed E-state index contributed by atoms with van der Waals surface area (Å²) in [5.41, 5.74) is 1.71. The molecule has 1 aliphatic rings. The predicted octanol–water partition coefficient (Wildman–Crippen LogP) is 3.83. The van der Waals surface area contributed by atoms with Crippen molar-refractivity contribution in [2.75, 3.05) is 19.6 Å². The Labute approximate surface area is 186 Å². The van der Waals surface area contributed by atoms with Gasteiger partial charge in [0.15, 0.2) is 11.6 Å². The smallest absolute Gasteiger partial charge is 0.326 e. The zero-order valence-corrected chi connectivity index (χ0v) is 18.6. The lowest BCUT2D eigenvalue weighted by atomic mass is 10.0. The second-order valence-electron chi connectivity index (χ2n) is 8.00. The molecular weight excluding hydrogens is 470 g/mol. The van der Waals surface area contributed by atoms with Gasteiger partial charge in [-0.2, -0.15) is 0 Å². The van der Waals surface area contributed by atoms with E-state index in [1.165, 1.54) is 6.07 Å². The van der Waals surface area contributed by atoms with E-state index in [0.29, 0.717) is 6.54 Å². The van der Waals surface area contributed by atoms with E-state index < -0.39 is 17.5 Å². The van der Waals surface area contributed by atoms with E-state index in [0.717, 1.165) is 53.6 Å². The predicted molar refractivity (Wildman–Crippen MR) is 118 cm³/mol. The molecule has 2 heterocycles. The van der Waals surface area contributed by atoms with Crippen molar-refractivity contribution in [2.24, 2.45) is 0 Å². The molecule has 1 unspecified atom stereocenters. The van der Waals surface area contributed by atoms with Crippen molar-refractivity contribution >= 4 is 32.9 Å². The topological polar surface area (TPSA) is 70.1 Å². The first kappa shape index (κ1) is 21.7. The number of fused-ring (bicyclic) bond motifs is 1. The molecule has 31 heavy (non-hydrogen) atoms. The summed E-state index contributed by atoms with van der Waals surface area (Å²) in [4.78, 5) is 29.9. The molecule has 0 spiro atoms. The Hall–Kier alpha value is -2.52. The van der Waals surface area contributed by atoms with Gasteiger partial charge in [0.05, 0.1) is 11.0 Å². The van der Waals surface area contributed by atoms with Crippen molar-refractivity contribution in [2.45, 2.75) is 31.8 Å². The second-order valence-corrected chi connectivity index (χ2v) is 8.91. The summed E-state index contributed by atoms with van der Waals surface area (Å²) < 4.78 is 29.2. The average molecular weight is 493 g/mol. The summed E-state index contributed by atoms with van der Waals surface area (Å²) in [5, 5.41) is 2.83. The number of hydrogen-bond donors (Lipinski definition) is 2. The quantitative estimate of drug-likeness (QED) is 0.568. The van der Waals surface area contributed by atoms with Crippen LogP contribution < -0.4 is 11.0 Å². The minimum atomic E-state index is -1.04. The Balaban J connectivity index is 1.34. The monoisotopic (exact) mass is 492 g/mol. The molecule has 0 bridgehead atoms. The van der Waals surface area contributed by atoms with Crippen LogP contribution in [-0.2, 0) is 0 Å². The third-order valence-corrected chi connectivity index (χ3v) is 6.19. The molecule has 1 fully saturated rings. The van der Waals surface area contributed by atoms with E-state index in [-0.39, 0.29) is 23.3 Å². The van der Waals surface area contributed by atoms with Crippen molar-refractivity contribution in [3.05, 3.63) is 68.6 Å². The number of halogens is 3. The van der Waals surface area contributed by atoms with Crippen molar-refractivity contribution in [1.82, 2.24) is 19.8 Å². The van der Waals surface area contributed by atoms with Gasteiger partial charge < -0.3 is 15.2 Å². The van der Waals surface area contributed by atoms with Crippen molar-refractivity contribution < 1.29 is 13.6 Å². The standard InChI is InChI=1S/C22H23BrF2N4O2/c1-13(26-21(30)14-2-4-17(24)18(25)10-14)12-28-8-6-16(7-9-28)29-20-5-3-15(23)11-19(20)27-22(29)31/h2-5,10-11,13,16H,6-9,12H2,1H3,(H,26,30)(H,27,31). The number of carbonyl (C=O) groups excluding carboxylic acids is 1. The fourth-order valence-electron chi connectivity index (χ4n) is 4.20. The average Bonchev–Trinajstić information content (AvgIpc) is 3.05. The summed E-state index contributed by atoms with van der Waals surface area (Å²) in [5.74, 6) is -2.45. The van der Waals surface area contributed by atoms with Gasteiger partial charge in [-0.25, -0.2) is 13.6 Å². The van der Waals surface area contributed by atoms with Crippen LogP contribution in [0.5, 0.6) is 0 Å². The number of imidazole rings is 1. The van der Waals surface area contributed by atoms with Gasteiger partial charge in [0.25, 0.3) is 5.91 Å². The molecule has 6 nitrogen and oxygen atoms in total. The largest absolute Gasteiger partial charge is 0.348 e. The number of piperidine rings is 1. The van der Waals surface area contributed by atoms with Gasteiger partial charge in [0, 0.05) is 41.8 Å². The number of rotatable bonds is 5. The van der Waals surface area contributed by atoms with Crippen LogP contribution in [0, 0.1) is 11.6 Å². The number of carbonyl (C=O) groups is 1. The van der Waals surface area contributed by atoms with Crippen LogP contribution >= 0.6 is 15.9 Å². The lowest BCUT2D eigenvalue weighted by molar-refractivity contribution is 0.0920. The Morgan fingerprint density at radius 1 is 1.19 bits per heavy atom. The number of amides is 1. The highest BCUT2D eigenvalue weighted by molar-refractivity contribution is 9.10. The van der Waals surface area contributed by atoms with Gasteiger partial charge in [-0.05, 0) is 56.2 Å². The molecular formula is C22H23BrF2N4O2. The Morgan fingerprint density at radius 2 is 1.94 bits per heavy atom. The molecule has 0 aliphatic carbocycles. The molecule has 164 valence electrons. The normalized spacial score (nSPS) is 16.5. The zero-order valence-electron chi connectivity index (χ0n) is 17.0. The summed E-state index contributed by atoms with van der Waals surface area (Å²) in [6.07, 6.45) is 1.65. The highest BCUT2D eigenvalue weighted by Gasteiger charge is 2.25. The maximum Gasteiger partial charge on any atom is 0.326 e. The van der Waals surface area contributed by atoms with Gasteiger partial charge in [-0.15, -0.1) is 0 Å². The van der Waals surface area contributed by atoms with Crippen LogP contribution in [0.1, 0.15) is 36.2 Å². The maximum absolute atomic E-state index is 13.4. The van der Waals surface area contributed by atoms with Gasteiger partial charge in [-0.3, -0.25) is 9.36 Å². The minimum absolute atomic E-state index is 0.0924. The van der Waals surface area contributed by atoms with Crippen molar-refractivity contribution in [3.8, 4) is 0 Å². The number of H-pyrrole nitrogens is 1. The van der Waals surface area contributed by atoms with E-state index in [1.54, 1.807) is 0 Å². The van der Waals surface area contributed by atoms with Crippen LogP contribution in [0.2, 0.25) is 0 Å². The lowest BCUT2D eigenvalue weighted by Crippen LogP contribution is -2.45. The third-order valence-electron chi connectivity index (χ3n) is 5.69. The van der Waals surface area contributed by atoms with Gasteiger partial charge in [-0.1, -0.05) is 15.9 Å². The van der Waals surface area contributed by atoms with Crippen molar-refractivity contribution in [1.29, 1.82) is 0 Å². The molecule has 1 amide bonds. The third kappa shape index (κ3) is 4.72. The number of nitrogens with one attached hydrogen (secondary N) is 2. The molecule has 2 aromatic carbocycles. The number of nitrogens with zero attached hydrogens (tertiary/aromatic N) is 2. The molecule has 0 radical (unpaired) electrons. The Kier molecular flexibility index (Phi) is 6.24. The molecule has 0 saturated carbocycles. The first-order valence-electron chi connectivity index (χ1n) is 10.2. The van der Waals surface area contributed by atoms with Crippen LogP contribution in [0.15, 0.2) is 45.7 Å². The summed E-state index contributed by atoms with van der Waals surface area (Å²) in [6.45, 7) is 4.11. The Morgan fingerprint density at radius 3 is 2.65 bits per heavy atom. The first-order chi connectivity index (χ1) is 14.8. The number of aromatic nitrogens is 2. The Bertz CT molecular complexity index is 1170. The molecule has 9 heteroatoms. The van der Waals surface area contributed by atoms with Crippen LogP contribution in [0.3, 0.4) is 0 Å². The number of hydrogen-bond acceptors (Lipinski definition) is 3. The molecule has 1 aromatic heterocycles. The molecule has 4 rings (SSSR count). The van der Waals surface area contributed by atoms with Crippen LogP contribution in [-0.4, -0.2) is 46.0 Å². The van der Waals surface area contributed by atoms with E-state index in [2.05, 4.69) is 31.1 Å². The second kappa shape index (κ2) is 8.92. The molecule has 1 aliphatic heterocycles. The maximum atomic E-state index is 13.4. The first-order valence-corrected chi connectivity index (χ1v) is 11.0. The van der Waals surface area contributed by atoms with E-state index in [1.807, 2.05) is 29.7 Å². The minimum Gasteiger partial charge on any atom is -0.348 e. The summed E-state index contributed by atoms with van der Waals surface area (Å²) in [6, 6.07) is 8.85. The highest BCUT2D eigenvalue weighted by Crippen LogP contribution is 2.26. The van der Waals surface area contributed by atoms with Gasteiger partial charge in [0.1, 0.15) is 0 Å².